The van der Waals surface area contributed by atoms with Crippen molar-refractivity contribution >= 4 is 13.8 Å². The first-order valence-corrected chi connectivity index (χ1v) is 26.9. The van der Waals surface area contributed by atoms with Crippen LogP contribution in [0.2, 0.25) is 0 Å². The van der Waals surface area contributed by atoms with E-state index in [9.17, 15) is 14.3 Å². The number of quaternary nitrogens is 1. The van der Waals surface area contributed by atoms with Crippen LogP contribution in [0.15, 0.2) is 48.6 Å². The maximum absolute atomic E-state index is 12.8. The third kappa shape index (κ3) is 49.3. The highest BCUT2D eigenvalue weighted by atomic mass is 31.2. The lowest BCUT2D eigenvalue weighted by atomic mass is 10.1. The van der Waals surface area contributed by atoms with Crippen LogP contribution in [0.5, 0.6) is 0 Å². The van der Waals surface area contributed by atoms with E-state index < -0.39 is 13.9 Å². The quantitative estimate of drug-likeness (QED) is 0.0214. The molecule has 0 rings (SSSR count). The minimum absolute atomic E-state index is 0.0848. The zero-order valence-corrected chi connectivity index (χ0v) is 41.5. The number of phosphoric ester groups is 1. The number of ether oxygens (including phenoxy) is 2. The number of unbranched alkanes of at least 4 members (excludes halogenated alkanes) is 25. The van der Waals surface area contributed by atoms with Crippen molar-refractivity contribution in [3.63, 3.8) is 0 Å². The van der Waals surface area contributed by atoms with E-state index in [0.717, 1.165) is 51.4 Å². The fourth-order valence-corrected chi connectivity index (χ4v) is 7.65. The first-order valence-electron chi connectivity index (χ1n) is 25.4. The van der Waals surface area contributed by atoms with E-state index in [1.165, 1.54) is 148 Å². The Morgan fingerprint density at radius 3 is 1.36 bits per heavy atom. The Morgan fingerprint density at radius 2 is 0.902 bits per heavy atom. The van der Waals surface area contributed by atoms with Crippen LogP contribution in [0.25, 0.3) is 0 Å². The fraction of sp³-hybridized carbons (Fsp3) is 0.827. The zero-order chi connectivity index (χ0) is 44.8. The molecule has 0 fully saturated rings. The summed E-state index contributed by atoms with van der Waals surface area (Å²) >= 11 is 0. The van der Waals surface area contributed by atoms with Gasteiger partial charge in [-0.3, -0.25) is 13.8 Å². The maximum atomic E-state index is 12.8. The number of phosphoric acid groups is 1. The van der Waals surface area contributed by atoms with Crippen molar-refractivity contribution in [2.45, 2.75) is 225 Å². The van der Waals surface area contributed by atoms with E-state index in [0.29, 0.717) is 24.1 Å². The topological polar surface area (TPSA) is 91.3 Å². The highest BCUT2D eigenvalue weighted by Crippen LogP contribution is 2.43. The van der Waals surface area contributed by atoms with Crippen LogP contribution >= 0.6 is 7.82 Å². The van der Waals surface area contributed by atoms with Gasteiger partial charge in [0.1, 0.15) is 19.3 Å². The first-order chi connectivity index (χ1) is 29.6. The summed E-state index contributed by atoms with van der Waals surface area (Å²) < 4.78 is 35.1. The SMILES string of the molecule is CCCCCCC/C=C\C/C=C\C/C=C\CCCCCCCCCCC(=O)OC(COCCCCCCCC/C=C\CCCCCCCC)COP(=O)(O)OCC[N+](C)(C)C. The largest absolute Gasteiger partial charge is 0.472 e. The highest BCUT2D eigenvalue weighted by Gasteiger charge is 2.26. The van der Waals surface area contributed by atoms with Gasteiger partial charge in [0.2, 0.25) is 0 Å². The van der Waals surface area contributed by atoms with Crippen molar-refractivity contribution in [2.24, 2.45) is 0 Å². The molecular formula is C52H99NO7P+. The number of esters is 1. The van der Waals surface area contributed by atoms with E-state index in [1.807, 2.05) is 21.1 Å². The molecule has 0 aromatic heterocycles. The lowest BCUT2D eigenvalue weighted by molar-refractivity contribution is -0.870. The molecule has 0 bridgehead atoms. The van der Waals surface area contributed by atoms with E-state index in [1.54, 1.807) is 0 Å². The molecule has 0 aromatic carbocycles. The van der Waals surface area contributed by atoms with Crippen molar-refractivity contribution in [3.8, 4) is 0 Å². The summed E-state index contributed by atoms with van der Waals surface area (Å²) in [4.78, 5) is 23.0. The van der Waals surface area contributed by atoms with E-state index in [2.05, 4.69) is 62.5 Å². The molecule has 0 saturated heterocycles. The molecule has 0 radical (unpaired) electrons. The number of nitrogens with zero attached hydrogens (tertiary/aromatic N) is 1. The lowest BCUT2D eigenvalue weighted by Crippen LogP contribution is -2.37. The molecule has 0 aliphatic heterocycles. The number of allylic oxidation sites excluding steroid dienone is 8. The summed E-state index contributed by atoms with van der Waals surface area (Å²) in [6.07, 6.45) is 55.8. The molecule has 0 spiro atoms. The van der Waals surface area contributed by atoms with Crippen LogP contribution in [-0.4, -0.2) is 75.6 Å². The number of rotatable bonds is 47. The van der Waals surface area contributed by atoms with Gasteiger partial charge in [0.05, 0.1) is 34.4 Å². The average molecular weight is 881 g/mol. The first kappa shape index (κ1) is 59.5. The van der Waals surface area contributed by atoms with Gasteiger partial charge in [-0.15, -0.1) is 0 Å². The summed E-state index contributed by atoms with van der Waals surface area (Å²) in [5.74, 6) is -0.322. The molecule has 2 unspecified atom stereocenters. The fourth-order valence-electron chi connectivity index (χ4n) is 6.91. The van der Waals surface area contributed by atoms with Crippen molar-refractivity contribution in [1.29, 1.82) is 0 Å². The minimum atomic E-state index is -4.28. The monoisotopic (exact) mass is 881 g/mol. The molecule has 0 heterocycles. The van der Waals surface area contributed by atoms with Crippen LogP contribution in [0.3, 0.4) is 0 Å². The highest BCUT2D eigenvalue weighted by molar-refractivity contribution is 7.47. The van der Waals surface area contributed by atoms with Gasteiger partial charge in [-0.25, -0.2) is 4.57 Å². The normalized spacial score (nSPS) is 14.0. The lowest BCUT2D eigenvalue weighted by Gasteiger charge is -2.24. The van der Waals surface area contributed by atoms with E-state index in [4.69, 9.17) is 18.5 Å². The van der Waals surface area contributed by atoms with Gasteiger partial charge in [0.25, 0.3) is 0 Å². The molecule has 2 atom stereocenters. The Bertz CT molecular complexity index is 1120. The summed E-state index contributed by atoms with van der Waals surface area (Å²) in [7, 11) is 1.66. The molecular weight excluding hydrogens is 782 g/mol. The standard InChI is InChI=1S/C52H98NO7P/c1-6-8-10-12-14-16-18-20-22-24-25-26-27-28-29-30-31-33-35-37-39-41-43-45-52(54)60-51(50-59-61(55,56)58-48-46-53(3,4)5)49-57-47-44-42-40-38-36-34-32-23-21-19-17-15-13-11-9-7-2/h18,20-21,23-25,27-28,51H,6-17,19,22,26,29-50H2,1-5H3/p+1/b20-18-,23-21-,25-24-,28-27-. The van der Waals surface area contributed by atoms with Crippen molar-refractivity contribution in [3.05, 3.63) is 48.6 Å². The molecule has 358 valence electrons. The molecule has 61 heavy (non-hydrogen) atoms. The zero-order valence-electron chi connectivity index (χ0n) is 40.7. The summed E-state index contributed by atoms with van der Waals surface area (Å²) in [5.41, 5.74) is 0. The number of carbonyl (C=O) groups is 1. The van der Waals surface area contributed by atoms with Gasteiger partial charge in [-0.05, 0) is 77.0 Å². The number of carbonyl (C=O) groups excluding carboxylic acids is 1. The molecule has 0 saturated carbocycles. The van der Waals surface area contributed by atoms with Crippen molar-refractivity contribution in [2.75, 3.05) is 54.1 Å². The Morgan fingerprint density at radius 1 is 0.508 bits per heavy atom. The van der Waals surface area contributed by atoms with E-state index >= 15 is 0 Å². The van der Waals surface area contributed by atoms with Crippen molar-refractivity contribution < 1.29 is 37.3 Å². The second kappa shape index (κ2) is 45.0. The third-order valence-corrected chi connectivity index (χ3v) is 11.8. The molecule has 0 aromatic rings. The van der Waals surface area contributed by atoms with Gasteiger partial charge < -0.3 is 18.9 Å². The van der Waals surface area contributed by atoms with Gasteiger partial charge in [-0.2, -0.15) is 0 Å². The van der Waals surface area contributed by atoms with Crippen LogP contribution in [0.1, 0.15) is 219 Å². The molecule has 0 aliphatic carbocycles. The Hall–Kier alpha value is -1.54. The molecule has 9 heteroatoms. The number of likely N-dealkylation sites (N-methyl/N-ethyl adjacent to an activating group) is 1. The average Bonchev–Trinajstić information content (AvgIpc) is 3.22. The van der Waals surface area contributed by atoms with Crippen LogP contribution in [-0.2, 0) is 27.9 Å². The second-order valence-corrected chi connectivity index (χ2v) is 19.6. The summed E-state index contributed by atoms with van der Waals surface area (Å²) in [6, 6.07) is 0. The third-order valence-electron chi connectivity index (χ3n) is 10.9. The van der Waals surface area contributed by atoms with Gasteiger partial charge in [-0.1, -0.05) is 184 Å². The Balaban J connectivity index is 4.17. The molecule has 0 amide bonds. The molecule has 8 nitrogen and oxygen atoms in total. The molecule has 1 N–H and O–H groups in total. The van der Waals surface area contributed by atoms with E-state index in [-0.39, 0.29) is 25.8 Å². The predicted octanol–water partition coefficient (Wildman–Crippen LogP) is 15.5. The second-order valence-electron chi connectivity index (χ2n) is 18.2. The number of hydrogen-bond donors (Lipinski definition) is 1. The summed E-state index contributed by atoms with van der Waals surface area (Å²) in [5, 5.41) is 0. The predicted molar refractivity (Wildman–Crippen MR) is 261 cm³/mol. The smallest absolute Gasteiger partial charge is 0.457 e. The van der Waals surface area contributed by atoms with Crippen LogP contribution in [0.4, 0.5) is 0 Å². The van der Waals surface area contributed by atoms with Crippen LogP contribution < -0.4 is 0 Å². The van der Waals surface area contributed by atoms with Crippen molar-refractivity contribution in [1.82, 2.24) is 0 Å². The maximum Gasteiger partial charge on any atom is 0.472 e. The summed E-state index contributed by atoms with van der Waals surface area (Å²) in [6.45, 7) is 5.60. The van der Waals surface area contributed by atoms with Gasteiger partial charge >= 0.3 is 13.8 Å². The minimum Gasteiger partial charge on any atom is -0.457 e. The Kier molecular flexibility index (Phi) is 43.9. The number of hydrogen-bond acceptors (Lipinski definition) is 6. The Labute approximate surface area is 378 Å². The van der Waals surface area contributed by atoms with Gasteiger partial charge in [0.15, 0.2) is 0 Å². The van der Waals surface area contributed by atoms with Gasteiger partial charge in [0, 0.05) is 13.0 Å². The van der Waals surface area contributed by atoms with Crippen LogP contribution in [0, 0.1) is 0 Å². The molecule has 0 aliphatic rings.